The number of carboxylic acid groups (broad SMARTS) is 1. The van der Waals surface area contributed by atoms with Crippen molar-refractivity contribution < 1.29 is 38.2 Å². The largest absolute Gasteiger partial charge is 0.550 e. The van der Waals surface area contributed by atoms with Gasteiger partial charge in [-0.2, -0.15) is 0 Å². The fourth-order valence-electron chi connectivity index (χ4n) is 5.30. The molecule has 39 heavy (non-hydrogen) atoms. The van der Waals surface area contributed by atoms with Gasteiger partial charge in [0, 0.05) is 30.7 Å². The highest BCUT2D eigenvalue weighted by Gasteiger charge is 2.38. The quantitative estimate of drug-likeness (QED) is 0.374. The second-order valence-electron chi connectivity index (χ2n) is 10.1. The van der Waals surface area contributed by atoms with E-state index in [0.717, 1.165) is 38.2 Å². The van der Waals surface area contributed by atoms with E-state index in [2.05, 4.69) is 16.0 Å². The number of amides is 4. The predicted molar refractivity (Wildman–Crippen MR) is 136 cm³/mol. The molecule has 0 radical (unpaired) electrons. The van der Waals surface area contributed by atoms with Crippen LogP contribution in [0, 0.1) is 11.7 Å². The van der Waals surface area contributed by atoms with Gasteiger partial charge in [0.25, 0.3) is 0 Å². The minimum atomic E-state index is -1.38. The molecule has 1 aromatic rings. The topological polar surface area (TPSA) is 157 Å². The van der Waals surface area contributed by atoms with Crippen LogP contribution in [0.2, 0.25) is 0 Å². The maximum absolute atomic E-state index is 13.5. The van der Waals surface area contributed by atoms with Crippen LogP contribution < -0.4 is 21.1 Å². The molecule has 1 aromatic carbocycles. The highest BCUT2D eigenvalue weighted by Crippen LogP contribution is 2.28. The van der Waals surface area contributed by atoms with Crippen molar-refractivity contribution in [3.63, 3.8) is 0 Å². The lowest BCUT2D eigenvalue weighted by molar-refractivity contribution is -0.305. The van der Waals surface area contributed by atoms with E-state index in [0.29, 0.717) is 12.8 Å². The summed E-state index contributed by atoms with van der Waals surface area (Å²) in [7, 11) is 1.25. The van der Waals surface area contributed by atoms with Crippen molar-refractivity contribution in [2.24, 2.45) is 5.92 Å². The average molecular weight is 548 g/mol. The molecule has 1 aliphatic carbocycles. The molecular weight excluding hydrogens is 511 g/mol. The Balaban J connectivity index is 1.70. The van der Waals surface area contributed by atoms with Gasteiger partial charge >= 0.3 is 12.0 Å². The molecule has 1 saturated carbocycles. The normalized spacial score (nSPS) is 20.4. The molecule has 0 bridgehead atoms. The van der Waals surface area contributed by atoms with Gasteiger partial charge in [0.1, 0.15) is 17.9 Å². The molecule has 0 aromatic heterocycles. The summed E-state index contributed by atoms with van der Waals surface area (Å²) in [5.74, 6) is -3.33. The van der Waals surface area contributed by atoms with Crippen LogP contribution in [0.5, 0.6) is 0 Å². The monoisotopic (exact) mass is 547 g/mol. The van der Waals surface area contributed by atoms with Crippen molar-refractivity contribution in [1.29, 1.82) is 0 Å². The fourth-order valence-corrected chi connectivity index (χ4v) is 5.30. The molecule has 2 fully saturated rings. The third-order valence-corrected chi connectivity index (χ3v) is 7.28. The van der Waals surface area contributed by atoms with Crippen LogP contribution >= 0.6 is 0 Å². The number of nitrogens with zero attached hydrogens (tertiary/aromatic N) is 1. The number of nitrogens with one attached hydrogen (secondary N) is 3. The van der Waals surface area contributed by atoms with Crippen LogP contribution in [0.15, 0.2) is 24.3 Å². The van der Waals surface area contributed by atoms with Gasteiger partial charge < -0.3 is 35.5 Å². The number of methoxy groups -OCH3 is 1. The number of benzene rings is 1. The van der Waals surface area contributed by atoms with Crippen LogP contribution in [0.3, 0.4) is 0 Å². The highest BCUT2D eigenvalue weighted by molar-refractivity contribution is 5.92. The summed E-state index contributed by atoms with van der Waals surface area (Å²) in [6.45, 7) is 0.0837. The number of rotatable bonds is 10. The molecule has 11 nitrogen and oxygen atoms in total. The Kier molecular flexibility index (Phi) is 11.1. The Morgan fingerprint density at radius 2 is 1.85 bits per heavy atom. The molecule has 3 atom stereocenters. The molecule has 0 spiro atoms. The summed E-state index contributed by atoms with van der Waals surface area (Å²) >= 11 is 0. The molecule has 12 heteroatoms. The van der Waals surface area contributed by atoms with Crippen molar-refractivity contribution in [3.05, 3.63) is 30.1 Å². The van der Waals surface area contributed by atoms with Gasteiger partial charge in [0.15, 0.2) is 0 Å². The number of hydrogen-bond donors (Lipinski definition) is 3. The molecule has 1 saturated heterocycles. The van der Waals surface area contributed by atoms with Gasteiger partial charge in [-0.05, 0) is 49.8 Å². The number of likely N-dealkylation sites (tertiary alicyclic amines) is 1. The highest BCUT2D eigenvalue weighted by atomic mass is 19.1. The Morgan fingerprint density at radius 3 is 2.51 bits per heavy atom. The lowest BCUT2D eigenvalue weighted by Crippen LogP contribution is -2.59. The van der Waals surface area contributed by atoms with Gasteiger partial charge in [0.05, 0.1) is 7.11 Å². The van der Waals surface area contributed by atoms with E-state index < -0.39 is 60.1 Å². The Bertz CT molecular complexity index is 1050. The zero-order valence-corrected chi connectivity index (χ0v) is 22.1. The molecule has 1 aliphatic heterocycles. The second kappa shape index (κ2) is 14.5. The molecule has 4 amide bonds. The van der Waals surface area contributed by atoms with Crippen LogP contribution in [0.1, 0.15) is 64.2 Å². The number of piperidine rings is 1. The predicted octanol–water partition coefficient (Wildman–Crippen LogP) is 1.47. The fraction of sp³-hybridized carbons (Fsp3) is 0.593. The first-order chi connectivity index (χ1) is 18.7. The van der Waals surface area contributed by atoms with Crippen LogP contribution in [-0.4, -0.2) is 66.5 Å². The standard InChI is InChI=1S/C27H37FN4O7/c1-39-26(37)21(14-17-6-3-2-4-7-17)31-25(36)22-16-20(12-13-32(22)23(33)10-11-24(34)35)30-27(38)29-19-9-5-8-18(28)15-19/h5,8-9,15,17,20-22H,2-4,6-7,10-14,16H2,1H3,(H,31,36)(H,34,35)(H2,29,30,38)/p-1/t20-,21-,22-/m0/s1. The molecular formula is C27H36FN4O7-. The number of carboxylic acids is 1. The van der Waals surface area contributed by atoms with Crippen molar-refractivity contribution in [2.45, 2.75) is 82.3 Å². The number of esters is 1. The molecule has 3 rings (SSSR count). The maximum Gasteiger partial charge on any atom is 0.328 e. The van der Waals surface area contributed by atoms with Gasteiger partial charge in [-0.3, -0.25) is 9.59 Å². The van der Waals surface area contributed by atoms with Gasteiger partial charge in [-0.1, -0.05) is 38.2 Å². The average Bonchev–Trinajstić information content (AvgIpc) is 2.91. The molecule has 1 heterocycles. The number of carbonyl (C=O) groups excluding carboxylic acids is 5. The summed E-state index contributed by atoms with van der Waals surface area (Å²) in [4.78, 5) is 63.6. The minimum absolute atomic E-state index is 0.0385. The smallest absolute Gasteiger partial charge is 0.328 e. The Morgan fingerprint density at radius 1 is 1.10 bits per heavy atom. The molecule has 214 valence electrons. The number of aliphatic carboxylic acids is 1. The third-order valence-electron chi connectivity index (χ3n) is 7.28. The lowest BCUT2D eigenvalue weighted by atomic mass is 9.84. The first-order valence-corrected chi connectivity index (χ1v) is 13.4. The second-order valence-corrected chi connectivity index (χ2v) is 10.1. The van der Waals surface area contributed by atoms with Gasteiger partial charge in [-0.25, -0.2) is 14.0 Å². The van der Waals surface area contributed by atoms with E-state index in [1.54, 1.807) is 0 Å². The zero-order chi connectivity index (χ0) is 28.4. The first kappa shape index (κ1) is 29.9. The van der Waals surface area contributed by atoms with Crippen LogP contribution in [0.25, 0.3) is 0 Å². The summed E-state index contributed by atoms with van der Waals surface area (Å²) in [6.07, 6.45) is 5.08. The van der Waals surface area contributed by atoms with E-state index in [4.69, 9.17) is 4.74 Å². The van der Waals surface area contributed by atoms with E-state index in [9.17, 15) is 33.5 Å². The molecule has 3 N–H and O–H groups in total. The Labute approximate surface area is 226 Å². The van der Waals surface area contributed by atoms with E-state index >= 15 is 0 Å². The summed E-state index contributed by atoms with van der Waals surface area (Å²) < 4.78 is 18.4. The van der Waals surface area contributed by atoms with Crippen molar-refractivity contribution in [2.75, 3.05) is 19.0 Å². The summed E-state index contributed by atoms with van der Waals surface area (Å²) in [5.41, 5.74) is 0.250. The number of urea groups is 1. The number of carbonyl (C=O) groups is 5. The number of hydrogen-bond acceptors (Lipinski definition) is 7. The van der Waals surface area contributed by atoms with E-state index in [1.807, 2.05) is 0 Å². The van der Waals surface area contributed by atoms with Crippen molar-refractivity contribution in [3.8, 4) is 0 Å². The van der Waals surface area contributed by atoms with Gasteiger partial charge in [-0.15, -0.1) is 0 Å². The first-order valence-electron chi connectivity index (χ1n) is 13.4. The number of halogens is 1. The number of ether oxygens (including phenoxy) is 1. The lowest BCUT2D eigenvalue weighted by Gasteiger charge is -2.39. The molecule has 0 unspecified atom stereocenters. The summed E-state index contributed by atoms with van der Waals surface area (Å²) in [5, 5.41) is 18.9. The third kappa shape index (κ3) is 9.22. The van der Waals surface area contributed by atoms with Crippen LogP contribution in [-0.2, 0) is 23.9 Å². The molecule has 2 aliphatic rings. The zero-order valence-electron chi connectivity index (χ0n) is 22.1. The van der Waals surface area contributed by atoms with E-state index in [1.165, 1.54) is 30.2 Å². The van der Waals surface area contributed by atoms with Gasteiger partial charge in [0.2, 0.25) is 11.8 Å². The SMILES string of the molecule is COC(=O)[C@H](CC1CCCCC1)NC(=O)[C@@H]1C[C@@H](NC(=O)Nc2cccc(F)c2)CCN1C(=O)CCC(=O)[O-]. The van der Waals surface area contributed by atoms with Crippen molar-refractivity contribution in [1.82, 2.24) is 15.5 Å². The van der Waals surface area contributed by atoms with Crippen LogP contribution in [0.4, 0.5) is 14.9 Å². The van der Waals surface area contributed by atoms with E-state index in [-0.39, 0.29) is 31.0 Å². The number of anilines is 1. The van der Waals surface area contributed by atoms with Crippen molar-refractivity contribution >= 4 is 35.5 Å². The summed E-state index contributed by atoms with van der Waals surface area (Å²) in [6, 6.07) is 2.31. The minimum Gasteiger partial charge on any atom is -0.550 e. The Hall–Kier alpha value is -3.70. The maximum atomic E-state index is 13.5.